The number of rotatable bonds is 7. The first-order chi connectivity index (χ1) is 10.6. The molecule has 7 nitrogen and oxygen atoms in total. The molecule has 0 aliphatic heterocycles. The largest absolute Gasteiger partial charge is 0.418 e. The lowest BCUT2D eigenvalue weighted by atomic mass is 10.1. The highest BCUT2D eigenvalue weighted by atomic mass is 19.4. The van der Waals surface area contributed by atoms with Crippen LogP contribution in [0.25, 0.3) is 0 Å². The predicted octanol–water partition coefficient (Wildman–Crippen LogP) is 4.15. The Kier molecular flexibility index (Phi) is 5.88. The molecule has 0 atom stereocenters. The molecule has 0 saturated heterocycles. The molecule has 1 rings (SSSR count). The number of unbranched alkanes of at least 4 members (excludes halogenated alkanes) is 1. The van der Waals surface area contributed by atoms with Gasteiger partial charge in [-0.15, -0.1) is 0 Å². The van der Waals surface area contributed by atoms with Crippen molar-refractivity contribution in [1.29, 1.82) is 0 Å². The molecule has 0 amide bonds. The molecule has 0 fully saturated rings. The van der Waals surface area contributed by atoms with Crippen molar-refractivity contribution in [3.63, 3.8) is 0 Å². The van der Waals surface area contributed by atoms with E-state index < -0.39 is 38.6 Å². The Bertz CT molecular complexity index is 605. The van der Waals surface area contributed by atoms with Gasteiger partial charge in [0.1, 0.15) is 5.69 Å². The average molecular weight is 335 g/mol. The van der Waals surface area contributed by atoms with Gasteiger partial charge in [0, 0.05) is 19.2 Å². The highest BCUT2D eigenvalue weighted by Gasteiger charge is 2.41. The van der Waals surface area contributed by atoms with Crippen molar-refractivity contribution in [2.24, 2.45) is 0 Å². The van der Waals surface area contributed by atoms with Crippen molar-refractivity contribution in [2.45, 2.75) is 32.9 Å². The molecule has 0 aliphatic carbocycles. The maximum absolute atomic E-state index is 13.3. The number of nitro groups is 2. The number of hydrogen-bond acceptors (Lipinski definition) is 5. The quantitative estimate of drug-likeness (QED) is 0.551. The molecule has 23 heavy (non-hydrogen) atoms. The van der Waals surface area contributed by atoms with E-state index in [0.717, 1.165) is 0 Å². The normalized spacial score (nSPS) is 11.3. The number of halogens is 3. The zero-order valence-corrected chi connectivity index (χ0v) is 12.6. The summed E-state index contributed by atoms with van der Waals surface area (Å²) in [6, 6.07) is 0.913. The van der Waals surface area contributed by atoms with E-state index in [9.17, 15) is 33.4 Å². The second-order valence-electron chi connectivity index (χ2n) is 4.81. The third-order valence-electron chi connectivity index (χ3n) is 3.27. The van der Waals surface area contributed by atoms with Gasteiger partial charge >= 0.3 is 6.18 Å². The van der Waals surface area contributed by atoms with E-state index in [4.69, 9.17) is 0 Å². The highest BCUT2D eigenvalue weighted by Crippen LogP contribution is 2.44. The number of non-ortho nitro benzene ring substituents is 1. The third kappa shape index (κ3) is 4.30. The Balaban J connectivity index is 3.68. The maximum Gasteiger partial charge on any atom is 0.418 e. The summed E-state index contributed by atoms with van der Waals surface area (Å²) < 4.78 is 39.8. The summed E-state index contributed by atoms with van der Waals surface area (Å²) in [5, 5.41) is 21.9. The number of anilines is 1. The fourth-order valence-electron chi connectivity index (χ4n) is 2.17. The zero-order valence-electron chi connectivity index (χ0n) is 12.6. The molecular formula is C13H16F3N3O4. The minimum atomic E-state index is -4.94. The second-order valence-corrected chi connectivity index (χ2v) is 4.81. The van der Waals surface area contributed by atoms with Gasteiger partial charge in [0.05, 0.1) is 21.5 Å². The fraction of sp³-hybridized carbons (Fsp3) is 0.538. The van der Waals surface area contributed by atoms with Crippen LogP contribution in [-0.2, 0) is 6.18 Å². The summed E-state index contributed by atoms with van der Waals surface area (Å²) in [6.07, 6.45) is -3.70. The van der Waals surface area contributed by atoms with Crippen LogP contribution in [0.15, 0.2) is 12.1 Å². The van der Waals surface area contributed by atoms with E-state index in [1.807, 2.05) is 6.92 Å². The van der Waals surface area contributed by atoms with E-state index in [1.54, 1.807) is 6.92 Å². The molecule has 0 N–H and O–H groups in total. The smallest absolute Gasteiger partial charge is 0.366 e. The molecule has 0 spiro atoms. The van der Waals surface area contributed by atoms with Gasteiger partial charge in [-0.05, 0) is 13.3 Å². The lowest BCUT2D eigenvalue weighted by Crippen LogP contribution is -2.28. The van der Waals surface area contributed by atoms with E-state index in [1.165, 1.54) is 4.90 Å². The Morgan fingerprint density at radius 3 is 2.13 bits per heavy atom. The van der Waals surface area contributed by atoms with Crippen LogP contribution < -0.4 is 4.90 Å². The monoisotopic (exact) mass is 335 g/mol. The summed E-state index contributed by atoms with van der Waals surface area (Å²) in [5.74, 6) is 0. The van der Waals surface area contributed by atoms with Crippen molar-refractivity contribution in [3.8, 4) is 0 Å². The third-order valence-corrected chi connectivity index (χ3v) is 3.27. The molecule has 0 aliphatic rings. The molecule has 0 heterocycles. The van der Waals surface area contributed by atoms with Crippen LogP contribution in [0.3, 0.4) is 0 Å². The lowest BCUT2D eigenvalue weighted by molar-refractivity contribution is -0.394. The van der Waals surface area contributed by atoms with E-state index in [-0.39, 0.29) is 13.1 Å². The van der Waals surface area contributed by atoms with Crippen LogP contribution in [-0.4, -0.2) is 22.9 Å². The minimum absolute atomic E-state index is 0.113. The highest BCUT2D eigenvalue weighted by molar-refractivity contribution is 5.72. The lowest BCUT2D eigenvalue weighted by Gasteiger charge is -2.25. The van der Waals surface area contributed by atoms with Crippen LogP contribution in [0.1, 0.15) is 32.3 Å². The molecule has 1 aromatic rings. The van der Waals surface area contributed by atoms with Gasteiger partial charge in [0.25, 0.3) is 11.4 Å². The molecule has 0 saturated carbocycles. The average Bonchev–Trinajstić information content (AvgIpc) is 2.46. The summed E-state index contributed by atoms with van der Waals surface area (Å²) in [7, 11) is 0. The van der Waals surface area contributed by atoms with Crippen LogP contribution in [0.2, 0.25) is 0 Å². The van der Waals surface area contributed by atoms with Gasteiger partial charge in [0.2, 0.25) is 0 Å². The molecule has 0 bridgehead atoms. The van der Waals surface area contributed by atoms with Crippen molar-refractivity contribution in [2.75, 3.05) is 18.0 Å². The molecule has 10 heteroatoms. The van der Waals surface area contributed by atoms with Crippen LogP contribution in [0.4, 0.5) is 30.2 Å². The first-order valence-electron chi connectivity index (χ1n) is 6.92. The Morgan fingerprint density at radius 1 is 1.13 bits per heavy atom. The van der Waals surface area contributed by atoms with Gasteiger partial charge in [-0.3, -0.25) is 20.2 Å². The molecule has 128 valence electrons. The number of alkyl halides is 3. The molecular weight excluding hydrogens is 319 g/mol. The van der Waals surface area contributed by atoms with Crippen molar-refractivity contribution in [1.82, 2.24) is 0 Å². The molecule has 0 aromatic heterocycles. The first kappa shape index (κ1) is 18.7. The van der Waals surface area contributed by atoms with Crippen molar-refractivity contribution in [3.05, 3.63) is 37.9 Å². The Labute approximate surface area is 130 Å². The molecule has 0 unspecified atom stereocenters. The van der Waals surface area contributed by atoms with Crippen molar-refractivity contribution < 1.29 is 23.0 Å². The zero-order chi connectivity index (χ0) is 17.8. The van der Waals surface area contributed by atoms with Crippen LogP contribution in [0.5, 0.6) is 0 Å². The van der Waals surface area contributed by atoms with Gasteiger partial charge in [-0.25, -0.2) is 0 Å². The van der Waals surface area contributed by atoms with E-state index in [0.29, 0.717) is 25.0 Å². The van der Waals surface area contributed by atoms with Crippen LogP contribution in [0, 0.1) is 20.2 Å². The summed E-state index contributed by atoms with van der Waals surface area (Å²) in [5.41, 5.74) is -3.86. The number of nitrogens with zero attached hydrogens (tertiary/aromatic N) is 3. The number of benzene rings is 1. The van der Waals surface area contributed by atoms with Gasteiger partial charge in [-0.2, -0.15) is 13.2 Å². The van der Waals surface area contributed by atoms with Crippen molar-refractivity contribution >= 4 is 17.1 Å². The first-order valence-corrected chi connectivity index (χ1v) is 6.92. The topological polar surface area (TPSA) is 89.5 Å². The summed E-state index contributed by atoms with van der Waals surface area (Å²) in [4.78, 5) is 21.1. The standard InChI is InChI=1S/C13H16F3N3O4/c1-3-5-6-17(4-2)12-10(13(14,15)16)7-9(18(20)21)8-11(12)19(22)23/h7-8H,3-6H2,1-2H3. The second kappa shape index (κ2) is 7.25. The number of hydrogen-bond donors (Lipinski definition) is 0. The number of nitro benzene ring substituents is 2. The van der Waals surface area contributed by atoms with Gasteiger partial charge in [-0.1, -0.05) is 13.3 Å². The summed E-state index contributed by atoms with van der Waals surface area (Å²) in [6.45, 7) is 3.71. The summed E-state index contributed by atoms with van der Waals surface area (Å²) >= 11 is 0. The van der Waals surface area contributed by atoms with Gasteiger partial charge in [0.15, 0.2) is 0 Å². The predicted molar refractivity (Wildman–Crippen MR) is 77.5 cm³/mol. The minimum Gasteiger partial charge on any atom is -0.366 e. The maximum atomic E-state index is 13.3. The molecule has 0 radical (unpaired) electrons. The fourth-order valence-corrected chi connectivity index (χ4v) is 2.17. The Morgan fingerprint density at radius 2 is 1.74 bits per heavy atom. The van der Waals surface area contributed by atoms with E-state index in [2.05, 4.69) is 0 Å². The van der Waals surface area contributed by atoms with E-state index >= 15 is 0 Å². The van der Waals surface area contributed by atoms with Gasteiger partial charge < -0.3 is 4.90 Å². The van der Waals surface area contributed by atoms with Crippen LogP contribution >= 0.6 is 0 Å². The molecule has 1 aromatic carbocycles. The Hall–Kier alpha value is -2.39. The SMILES string of the molecule is CCCCN(CC)c1c([N+](=O)[O-])cc([N+](=O)[O-])cc1C(F)(F)F.